The Hall–Kier alpha value is -0.260. The topological polar surface area (TPSA) is 0 Å². The molecule has 1 rings (SSSR count). The molecule has 1 saturated carbocycles. The first-order chi connectivity index (χ1) is 5.70. The van der Waals surface area contributed by atoms with Gasteiger partial charge in [0.05, 0.1) is 0 Å². The molecule has 0 aromatic carbocycles. The van der Waals surface area contributed by atoms with Crippen LogP contribution in [0.5, 0.6) is 0 Å². The molecule has 0 heteroatoms. The second-order valence-corrected chi connectivity index (χ2v) is 4.52. The molecule has 0 amide bonds. The van der Waals surface area contributed by atoms with Gasteiger partial charge in [-0.1, -0.05) is 38.2 Å². The summed E-state index contributed by atoms with van der Waals surface area (Å²) >= 11 is 0. The van der Waals surface area contributed by atoms with Crippen molar-refractivity contribution in [3.63, 3.8) is 0 Å². The van der Waals surface area contributed by atoms with Crippen LogP contribution in [-0.2, 0) is 0 Å². The third-order valence-electron chi connectivity index (χ3n) is 3.23. The number of hydrogen-bond donors (Lipinski definition) is 0. The fourth-order valence-corrected chi connectivity index (χ4v) is 2.25. The fraction of sp³-hybridized carbons (Fsp3) is 0.833. The summed E-state index contributed by atoms with van der Waals surface area (Å²) in [6, 6.07) is 0. The Morgan fingerprint density at radius 1 is 1.33 bits per heavy atom. The van der Waals surface area contributed by atoms with Crippen molar-refractivity contribution in [1.29, 1.82) is 0 Å². The maximum atomic E-state index is 3.96. The molecule has 2 unspecified atom stereocenters. The fourth-order valence-electron chi connectivity index (χ4n) is 2.25. The van der Waals surface area contributed by atoms with E-state index >= 15 is 0 Å². The lowest BCUT2D eigenvalue weighted by Gasteiger charge is -2.28. The number of rotatable bonds is 3. The van der Waals surface area contributed by atoms with Gasteiger partial charge >= 0.3 is 0 Å². The zero-order valence-corrected chi connectivity index (χ0v) is 8.60. The maximum absolute atomic E-state index is 3.96. The van der Waals surface area contributed by atoms with Crippen LogP contribution >= 0.6 is 0 Å². The summed E-state index contributed by atoms with van der Waals surface area (Å²) < 4.78 is 0. The normalized spacial score (nSPS) is 30.2. The van der Waals surface area contributed by atoms with Crippen LogP contribution in [0.3, 0.4) is 0 Å². The van der Waals surface area contributed by atoms with E-state index in [4.69, 9.17) is 0 Å². The second kappa shape index (κ2) is 4.69. The first kappa shape index (κ1) is 9.83. The van der Waals surface area contributed by atoms with Gasteiger partial charge in [0.15, 0.2) is 0 Å². The first-order valence-corrected chi connectivity index (χ1v) is 5.34. The molecule has 0 aliphatic heterocycles. The zero-order chi connectivity index (χ0) is 8.97. The Kier molecular flexibility index (Phi) is 3.84. The Bertz CT molecular complexity index is 146. The Morgan fingerprint density at radius 3 is 2.58 bits per heavy atom. The smallest absolute Gasteiger partial charge is 0.0323 e. The van der Waals surface area contributed by atoms with Crippen molar-refractivity contribution >= 4 is 0 Å². The average molecular weight is 166 g/mol. The molecule has 0 N–H and O–H groups in total. The van der Waals surface area contributed by atoms with E-state index < -0.39 is 0 Å². The minimum absolute atomic E-state index is 0.970. The van der Waals surface area contributed by atoms with Gasteiger partial charge in [-0.05, 0) is 31.6 Å². The molecule has 12 heavy (non-hydrogen) atoms. The number of hydrogen-bond acceptors (Lipinski definition) is 0. The van der Waals surface area contributed by atoms with Gasteiger partial charge in [-0.15, -0.1) is 6.58 Å². The summed E-state index contributed by atoms with van der Waals surface area (Å²) in [5, 5.41) is 0. The third kappa shape index (κ3) is 3.00. The largest absolute Gasteiger partial charge is 0.100 e. The summed E-state index contributed by atoms with van der Waals surface area (Å²) in [6.07, 6.45) is 8.48. The van der Waals surface area contributed by atoms with Crippen LogP contribution in [-0.4, -0.2) is 0 Å². The maximum Gasteiger partial charge on any atom is -0.0323 e. The standard InChI is InChI=1S/C12H22/c1-10(2)8-9-12-7-5-4-6-11(12)3/h11-12H,1,4-9H2,2-3H3. The molecule has 1 aliphatic carbocycles. The van der Waals surface area contributed by atoms with Crippen LogP contribution in [0.2, 0.25) is 0 Å². The molecule has 0 heterocycles. The van der Waals surface area contributed by atoms with Crippen LogP contribution in [0.15, 0.2) is 12.2 Å². The van der Waals surface area contributed by atoms with E-state index in [-0.39, 0.29) is 0 Å². The van der Waals surface area contributed by atoms with E-state index in [0.29, 0.717) is 0 Å². The lowest BCUT2D eigenvalue weighted by Crippen LogP contribution is -2.16. The highest BCUT2D eigenvalue weighted by molar-refractivity contribution is 4.89. The van der Waals surface area contributed by atoms with Crippen LogP contribution in [0.4, 0.5) is 0 Å². The molecular weight excluding hydrogens is 144 g/mol. The second-order valence-electron chi connectivity index (χ2n) is 4.52. The van der Waals surface area contributed by atoms with Crippen LogP contribution in [0.1, 0.15) is 52.4 Å². The minimum Gasteiger partial charge on any atom is -0.100 e. The lowest BCUT2D eigenvalue weighted by atomic mass is 9.78. The molecular formula is C12H22. The molecule has 0 saturated heterocycles. The van der Waals surface area contributed by atoms with Gasteiger partial charge in [0, 0.05) is 0 Å². The van der Waals surface area contributed by atoms with Crippen molar-refractivity contribution in [2.24, 2.45) is 11.8 Å². The van der Waals surface area contributed by atoms with Gasteiger partial charge in [0.2, 0.25) is 0 Å². The molecule has 2 atom stereocenters. The van der Waals surface area contributed by atoms with Crippen LogP contribution in [0.25, 0.3) is 0 Å². The van der Waals surface area contributed by atoms with E-state index in [1.807, 2.05) is 0 Å². The van der Waals surface area contributed by atoms with Gasteiger partial charge in [-0.25, -0.2) is 0 Å². The van der Waals surface area contributed by atoms with Gasteiger partial charge in [0.1, 0.15) is 0 Å². The SMILES string of the molecule is C=C(C)CCC1CCCCC1C. The van der Waals surface area contributed by atoms with Gasteiger partial charge in [-0.3, -0.25) is 0 Å². The van der Waals surface area contributed by atoms with Crippen molar-refractivity contribution in [2.45, 2.75) is 52.4 Å². The average Bonchev–Trinajstić information content (AvgIpc) is 2.03. The van der Waals surface area contributed by atoms with Crippen LogP contribution < -0.4 is 0 Å². The highest BCUT2D eigenvalue weighted by Crippen LogP contribution is 2.33. The Balaban J connectivity index is 2.24. The Labute approximate surface area is 77.1 Å². The summed E-state index contributed by atoms with van der Waals surface area (Å²) in [6.45, 7) is 8.53. The van der Waals surface area contributed by atoms with Crippen LogP contribution in [0, 0.1) is 11.8 Å². The molecule has 0 aromatic rings. The summed E-state index contributed by atoms with van der Waals surface area (Å²) in [4.78, 5) is 0. The predicted molar refractivity (Wildman–Crippen MR) is 55.2 cm³/mol. The minimum atomic E-state index is 0.970. The number of allylic oxidation sites excluding steroid dienone is 1. The third-order valence-corrected chi connectivity index (χ3v) is 3.23. The monoisotopic (exact) mass is 166 g/mol. The van der Waals surface area contributed by atoms with Gasteiger partial charge in [0.25, 0.3) is 0 Å². The van der Waals surface area contributed by atoms with E-state index in [0.717, 1.165) is 11.8 Å². The molecule has 1 aliphatic rings. The summed E-state index contributed by atoms with van der Waals surface area (Å²) in [5.41, 5.74) is 1.35. The van der Waals surface area contributed by atoms with Crippen molar-refractivity contribution in [3.05, 3.63) is 12.2 Å². The highest BCUT2D eigenvalue weighted by Gasteiger charge is 2.20. The van der Waals surface area contributed by atoms with Crippen molar-refractivity contribution in [2.75, 3.05) is 0 Å². The molecule has 0 nitrogen and oxygen atoms in total. The molecule has 1 fully saturated rings. The van der Waals surface area contributed by atoms with Gasteiger partial charge < -0.3 is 0 Å². The molecule has 70 valence electrons. The van der Waals surface area contributed by atoms with E-state index in [1.165, 1.54) is 44.1 Å². The zero-order valence-electron chi connectivity index (χ0n) is 8.60. The quantitative estimate of drug-likeness (QED) is 0.552. The van der Waals surface area contributed by atoms with E-state index in [2.05, 4.69) is 20.4 Å². The molecule has 0 radical (unpaired) electrons. The molecule has 0 spiro atoms. The van der Waals surface area contributed by atoms with Crippen molar-refractivity contribution in [3.8, 4) is 0 Å². The highest BCUT2D eigenvalue weighted by atomic mass is 14.3. The first-order valence-electron chi connectivity index (χ1n) is 5.34. The summed E-state index contributed by atoms with van der Waals surface area (Å²) in [7, 11) is 0. The Morgan fingerprint density at radius 2 is 2.00 bits per heavy atom. The molecule has 0 bridgehead atoms. The van der Waals surface area contributed by atoms with E-state index in [9.17, 15) is 0 Å². The predicted octanol–water partition coefficient (Wildman–Crippen LogP) is 4.17. The van der Waals surface area contributed by atoms with Crippen molar-refractivity contribution < 1.29 is 0 Å². The van der Waals surface area contributed by atoms with E-state index in [1.54, 1.807) is 0 Å². The molecule has 0 aromatic heterocycles. The van der Waals surface area contributed by atoms with Gasteiger partial charge in [-0.2, -0.15) is 0 Å². The summed E-state index contributed by atoms with van der Waals surface area (Å²) in [5.74, 6) is 1.97. The van der Waals surface area contributed by atoms with Crippen molar-refractivity contribution in [1.82, 2.24) is 0 Å². The lowest BCUT2D eigenvalue weighted by molar-refractivity contribution is 0.242.